The van der Waals surface area contributed by atoms with Crippen LogP contribution >= 0.6 is 0 Å². The van der Waals surface area contributed by atoms with Crippen molar-refractivity contribution in [3.8, 4) is 5.75 Å². The van der Waals surface area contributed by atoms with Crippen molar-refractivity contribution in [2.75, 3.05) is 39.3 Å². The van der Waals surface area contributed by atoms with Gasteiger partial charge >= 0.3 is 5.97 Å². The number of aromatic carboxylic acids is 1. The third-order valence-corrected chi connectivity index (χ3v) is 4.45. The van der Waals surface area contributed by atoms with Crippen molar-refractivity contribution in [2.24, 2.45) is 0 Å². The Kier molecular flexibility index (Phi) is 4.41. The molecule has 1 aromatic carbocycles. The molecule has 0 spiro atoms. The highest BCUT2D eigenvalue weighted by atomic mass is 16.5. The molecular weight excluding hydrogens is 268 g/mol. The van der Waals surface area contributed by atoms with Crippen LogP contribution in [-0.2, 0) is 0 Å². The van der Waals surface area contributed by atoms with Crippen LogP contribution in [0.25, 0.3) is 0 Å². The molecule has 2 aliphatic rings. The average molecular weight is 290 g/mol. The molecule has 1 atom stereocenters. The Morgan fingerprint density at radius 3 is 2.81 bits per heavy atom. The van der Waals surface area contributed by atoms with Crippen molar-refractivity contribution in [2.45, 2.75) is 18.9 Å². The van der Waals surface area contributed by atoms with Crippen molar-refractivity contribution < 1.29 is 14.6 Å². The fourth-order valence-electron chi connectivity index (χ4n) is 3.24. The van der Waals surface area contributed by atoms with Crippen LogP contribution < -0.4 is 4.74 Å². The maximum Gasteiger partial charge on any atom is 0.335 e. The fourth-order valence-corrected chi connectivity index (χ4v) is 3.24. The first-order chi connectivity index (χ1) is 10.2. The molecule has 0 radical (unpaired) electrons. The zero-order valence-corrected chi connectivity index (χ0v) is 12.2. The van der Waals surface area contributed by atoms with Crippen LogP contribution in [-0.4, -0.2) is 66.2 Å². The molecular formula is C16H22N2O3. The number of benzene rings is 1. The number of nitrogens with zero attached hydrogens (tertiary/aromatic N) is 2. The Morgan fingerprint density at radius 1 is 1.24 bits per heavy atom. The lowest BCUT2D eigenvalue weighted by molar-refractivity contribution is 0.0697. The highest BCUT2D eigenvalue weighted by molar-refractivity contribution is 5.87. The smallest absolute Gasteiger partial charge is 0.335 e. The van der Waals surface area contributed by atoms with Gasteiger partial charge in [0, 0.05) is 32.2 Å². The third kappa shape index (κ3) is 3.54. The molecule has 1 N–H and O–H groups in total. The number of ether oxygens (including phenoxy) is 1. The molecule has 0 amide bonds. The second kappa shape index (κ2) is 6.45. The number of hydrogen-bond donors (Lipinski definition) is 1. The molecule has 21 heavy (non-hydrogen) atoms. The Morgan fingerprint density at radius 2 is 2.05 bits per heavy atom. The number of piperazine rings is 1. The number of hydrogen-bond acceptors (Lipinski definition) is 4. The summed E-state index contributed by atoms with van der Waals surface area (Å²) in [5.41, 5.74) is 0.291. The van der Waals surface area contributed by atoms with Gasteiger partial charge in [-0.1, -0.05) is 0 Å². The highest BCUT2D eigenvalue weighted by Crippen LogP contribution is 2.21. The van der Waals surface area contributed by atoms with Crippen LogP contribution in [0.4, 0.5) is 0 Å². The van der Waals surface area contributed by atoms with Crippen LogP contribution in [0.1, 0.15) is 23.2 Å². The Hall–Kier alpha value is -1.59. The predicted molar refractivity (Wildman–Crippen MR) is 79.9 cm³/mol. The molecule has 114 valence electrons. The van der Waals surface area contributed by atoms with E-state index in [-0.39, 0.29) is 0 Å². The summed E-state index contributed by atoms with van der Waals surface area (Å²) in [4.78, 5) is 15.8. The maximum atomic E-state index is 10.8. The number of carboxylic acid groups (broad SMARTS) is 1. The zero-order valence-electron chi connectivity index (χ0n) is 12.2. The van der Waals surface area contributed by atoms with Crippen molar-refractivity contribution in [1.29, 1.82) is 0 Å². The van der Waals surface area contributed by atoms with E-state index in [1.54, 1.807) is 24.3 Å². The van der Waals surface area contributed by atoms with Crippen LogP contribution in [0, 0.1) is 0 Å². The van der Waals surface area contributed by atoms with E-state index < -0.39 is 5.97 Å². The van der Waals surface area contributed by atoms with Crippen LogP contribution in [0.15, 0.2) is 24.3 Å². The SMILES string of the molecule is O=C(O)c1ccc(OCCN2CCN3CCCC3C2)cc1. The second-order valence-electron chi connectivity index (χ2n) is 5.81. The van der Waals surface area contributed by atoms with Gasteiger partial charge in [-0.25, -0.2) is 4.79 Å². The summed E-state index contributed by atoms with van der Waals surface area (Å²) >= 11 is 0. The summed E-state index contributed by atoms with van der Waals surface area (Å²) in [6, 6.07) is 7.34. The zero-order chi connectivity index (χ0) is 14.7. The molecule has 2 aliphatic heterocycles. The summed E-state index contributed by atoms with van der Waals surface area (Å²) < 4.78 is 5.71. The first-order valence-electron chi connectivity index (χ1n) is 7.65. The van der Waals surface area contributed by atoms with Crippen molar-refractivity contribution >= 4 is 5.97 Å². The van der Waals surface area contributed by atoms with E-state index in [0.29, 0.717) is 12.2 Å². The minimum Gasteiger partial charge on any atom is -0.492 e. The molecule has 0 bridgehead atoms. The van der Waals surface area contributed by atoms with E-state index in [4.69, 9.17) is 9.84 Å². The molecule has 2 heterocycles. The van der Waals surface area contributed by atoms with Crippen molar-refractivity contribution in [3.05, 3.63) is 29.8 Å². The minimum absolute atomic E-state index is 0.291. The molecule has 0 saturated carbocycles. The van der Waals surface area contributed by atoms with Gasteiger partial charge in [0.25, 0.3) is 0 Å². The summed E-state index contributed by atoms with van der Waals surface area (Å²) in [5, 5.41) is 8.85. The van der Waals surface area contributed by atoms with Gasteiger partial charge in [-0.2, -0.15) is 0 Å². The summed E-state index contributed by atoms with van der Waals surface area (Å²) in [6.45, 7) is 6.31. The van der Waals surface area contributed by atoms with Crippen molar-refractivity contribution in [1.82, 2.24) is 9.80 Å². The van der Waals surface area contributed by atoms with E-state index in [0.717, 1.165) is 31.4 Å². The average Bonchev–Trinajstić information content (AvgIpc) is 2.95. The standard InChI is InChI=1S/C16H22N2O3/c19-16(20)13-3-5-15(6-4-13)21-11-10-17-8-9-18-7-1-2-14(18)12-17/h3-6,14H,1-2,7-12H2,(H,19,20). The molecule has 3 rings (SSSR count). The minimum atomic E-state index is -0.906. The Balaban J connectivity index is 1.42. The lowest BCUT2D eigenvalue weighted by Gasteiger charge is -2.37. The Labute approximate surface area is 125 Å². The molecule has 1 aromatic rings. The lowest BCUT2D eigenvalue weighted by Crippen LogP contribution is -2.50. The molecule has 1 unspecified atom stereocenters. The topological polar surface area (TPSA) is 53.0 Å². The first-order valence-corrected chi connectivity index (χ1v) is 7.65. The first kappa shape index (κ1) is 14.4. The summed E-state index contributed by atoms with van der Waals surface area (Å²) in [7, 11) is 0. The molecule has 5 nitrogen and oxygen atoms in total. The molecule has 5 heteroatoms. The summed E-state index contributed by atoms with van der Waals surface area (Å²) in [5.74, 6) is -0.171. The van der Waals surface area contributed by atoms with Gasteiger partial charge in [0.2, 0.25) is 0 Å². The van der Waals surface area contributed by atoms with E-state index in [1.807, 2.05) is 0 Å². The Bertz CT molecular complexity index is 489. The van der Waals surface area contributed by atoms with Crippen LogP contribution in [0.5, 0.6) is 5.75 Å². The number of carboxylic acids is 1. The number of fused-ring (bicyclic) bond motifs is 1. The van der Waals surface area contributed by atoms with Gasteiger partial charge in [-0.05, 0) is 43.7 Å². The lowest BCUT2D eigenvalue weighted by atomic mass is 10.1. The highest BCUT2D eigenvalue weighted by Gasteiger charge is 2.30. The number of carbonyl (C=O) groups is 1. The monoisotopic (exact) mass is 290 g/mol. The van der Waals surface area contributed by atoms with Crippen molar-refractivity contribution in [3.63, 3.8) is 0 Å². The van der Waals surface area contributed by atoms with Gasteiger partial charge in [-0.3, -0.25) is 9.80 Å². The van der Waals surface area contributed by atoms with Gasteiger partial charge in [0.15, 0.2) is 0 Å². The van der Waals surface area contributed by atoms with Gasteiger partial charge in [0.1, 0.15) is 12.4 Å². The van der Waals surface area contributed by atoms with E-state index >= 15 is 0 Å². The predicted octanol–water partition coefficient (Wildman–Crippen LogP) is 1.54. The van der Waals surface area contributed by atoms with E-state index in [9.17, 15) is 4.79 Å². The maximum absolute atomic E-state index is 10.8. The van der Waals surface area contributed by atoms with Crippen LogP contribution in [0.3, 0.4) is 0 Å². The van der Waals surface area contributed by atoms with Crippen LogP contribution in [0.2, 0.25) is 0 Å². The summed E-state index contributed by atoms with van der Waals surface area (Å²) in [6.07, 6.45) is 2.67. The van der Waals surface area contributed by atoms with Gasteiger partial charge in [0.05, 0.1) is 5.56 Å². The number of rotatable bonds is 5. The third-order valence-electron chi connectivity index (χ3n) is 4.45. The van der Waals surface area contributed by atoms with Gasteiger partial charge < -0.3 is 9.84 Å². The van der Waals surface area contributed by atoms with E-state index in [2.05, 4.69) is 9.80 Å². The molecule has 2 fully saturated rings. The second-order valence-corrected chi connectivity index (χ2v) is 5.81. The quantitative estimate of drug-likeness (QED) is 0.891. The molecule has 0 aliphatic carbocycles. The van der Waals surface area contributed by atoms with Gasteiger partial charge in [-0.15, -0.1) is 0 Å². The molecule has 2 saturated heterocycles. The molecule has 0 aromatic heterocycles. The fraction of sp³-hybridized carbons (Fsp3) is 0.562. The normalized spacial score (nSPS) is 23.0. The largest absolute Gasteiger partial charge is 0.492 e. The van der Waals surface area contributed by atoms with E-state index in [1.165, 1.54) is 25.9 Å².